The van der Waals surface area contributed by atoms with Gasteiger partial charge in [-0.05, 0) is 22.3 Å². The van der Waals surface area contributed by atoms with Crippen molar-refractivity contribution in [2.75, 3.05) is 6.54 Å². The number of Topliss-reactive ketones (excluding diaryl/α,β-unsaturated/α-hetero) is 1. The zero-order chi connectivity index (χ0) is 16.1. The molecule has 0 aromatic heterocycles. The highest BCUT2D eigenvalue weighted by Crippen LogP contribution is 2.47. The van der Waals surface area contributed by atoms with Crippen molar-refractivity contribution in [2.45, 2.75) is 6.04 Å². The van der Waals surface area contributed by atoms with Crippen LogP contribution in [0.1, 0.15) is 17.2 Å². The highest BCUT2D eigenvalue weighted by molar-refractivity contribution is 6.42. The zero-order valence-corrected chi connectivity index (χ0v) is 12.1. The molecule has 1 fully saturated rings. The van der Waals surface area contributed by atoms with E-state index in [9.17, 15) is 14.4 Å². The number of carbonyl (C=O) groups excluding carboxylic acids is 2. The summed E-state index contributed by atoms with van der Waals surface area (Å²) < 4.78 is 0. The number of fused-ring (bicyclic) bond motifs is 3. The van der Waals surface area contributed by atoms with Crippen LogP contribution in [0.25, 0.3) is 11.1 Å². The molecular formula is C18H13NO4. The SMILES string of the molecule is O=C(O)C1CN(C2c3ccccc3-c3ccccc32)C(=O)C1=O. The molecule has 1 aliphatic heterocycles. The second kappa shape index (κ2) is 4.78. The first-order valence-electron chi connectivity index (χ1n) is 7.35. The van der Waals surface area contributed by atoms with Gasteiger partial charge in [-0.15, -0.1) is 0 Å². The molecule has 2 aromatic rings. The van der Waals surface area contributed by atoms with Gasteiger partial charge in [0.05, 0.1) is 6.04 Å². The van der Waals surface area contributed by atoms with Crippen LogP contribution in [0.4, 0.5) is 0 Å². The summed E-state index contributed by atoms with van der Waals surface area (Å²) in [5, 5.41) is 9.15. The lowest BCUT2D eigenvalue weighted by Gasteiger charge is -2.25. The second-order valence-electron chi connectivity index (χ2n) is 5.79. The first-order chi connectivity index (χ1) is 11.1. The zero-order valence-electron chi connectivity index (χ0n) is 12.1. The minimum Gasteiger partial charge on any atom is -0.481 e. The molecule has 23 heavy (non-hydrogen) atoms. The van der Waals surface area contributed by atoms with E-state index in [1.165, 1.54) is 4.90 Å². The fraction of sp³-hybridized carbons (Fsp3) is 0.167. The normalized spacial score (nSPS) is 19.8. The molecule has 0 spiro atoms. The molecule has 1 aliphatic carbocycles. The van der Waals surface area contributed by atoms with E-state index < -0.39 is 29.6 Å². The van der Waals surface area contributed by atoms with Crippen molar-refractivity contribution in [2.24, 2.45) is 5.92 Å². The number of carboxylic acids is 1. The molecule has 5 nitrogen and oxygen atoms in total. The Morgan fingerprint density at radius 3 is 1.96 bits per heavy atom. The topological polar surface area (TPSA) is 74.7 Å². The van der Waals surface area contributed by atoms with Gasteiger partial charge in [-0.3, -0.25) is 14.4 Å². The van der Waals surface area contributed by atoms with E-state index in [2.05, 4.69) is 0 Å². The summed E-state index contributed by atoms with van der Waals surface area (Å²) in [6.07, 6.45) is 0. The molecule has 0 saturated carbocycles. The third kappa shape index (κ3) is 1.83. The Labute approximate surface area is 132 Å². The lowest BCUT2D eigenvalue weighted by Crippen LogP contribution is -2.31. The molecular weight excluding hydrogens is 294 g/mol. The van der Waals surface area contributed by atoms with Crippen LogP contribution in [-0.4, -0.2) is 34.2 Å². The Morgan fingerprint density at radius 1 is 0.957 bits per heavy atom. The van der Waals surface area contributed by atoms with E-state index in [0.29, 0.717) is 0 Å². The number of hydrogen-bond donors (Lipinski definition) is 1. The van der Waals surface area contributed by atoms with Crippen LogP contribution in [0.5, 0.6) is 0 Å². The van der Waals surface area contributed by atoms with Crippen LogP contribution >= 0.6 is 0 Å². The molecule has 5 heteroatoms. The van der Waals surface area contributed by atoms with Crippen molar-refractivity contribution in [3.05, 3.63) is 59.7 Å². The minimum atomic E-state index is -1.28. The predicted octanol–water partition coefficient (Wildman–Crippen LogP) is 1.87. The van der Waals surface area contributed by atoms with Crippen molar-refractivity contribution in [3.8, 4) is 11.1 Å². The fourth-order valence-corrected chi connectivity index (χ4v) is 3.53. The summed E-state index contributed by atoms with van der Waals surface area (Å²) in [5.41, 5.74) is 3.90. The Hall–Kier alpha value is -2.95. The molecule has 1 N–H and O–H groups in total. The minimum absolute atomic E-state index is 0.0830. The summed E-state index contributed by atoms with van der Waals surface area (Å²) in [5.74, 6) is -4.07. The van der Waals surface area contributed by atoms with E-state index in [4.69, 9.17) is 5.11 Å². The van der Waals surface area contributed by atoms with E-state index in [0.717, 1.165) is 22.3 Å². The Bertz CT molecular complexity index is 812. The maximum atomic E-state index is 12.3. The monoisotopic (exact) mass is 307 g/mol. The van der Waals surface area contributed by atoms with Crippen molar-refractivity contribution < 1.29 is 19.5 Å². The lowest BCUT2D eigenvalue weighted by molar-refractivity contribution is -0.147. The lowest BCUT2D eigenvalue weighted by atomic mass is 10.0. The predicted molar refractivity (Wildman–Crippen MR) is 81.6 cm³/mol. The average Bonchev–Trinajstić information content (AvgIpc) is 3.04. The van der Waals surface area contributed by atoms with Gasteiger partial charge in [-0.25, -0.2) is 0 Å². The summed E-state index contributed by atoms with van der Waals surface area (Å²) in [4.78, 5) is 36.9. The first kappa shape index (κ1) is 13.7. The number of ketones is 1. The van der Waals surface area contributed by atoms with Crippen molar-refractivity contribution in [1.82, 2.24) is 4.90 Å². The van der Waals surface area contributed by atoms with E-state index in [-0.39, 0.29) is 6.54 Å². The first-order valence-corrected chi connectivity index (χ1v) is 7.35. The summed E-state index contributed by atoms with van der Waals surface area (Å²) in [6, 6.07) is 15.0. The van der Waals surface area contributed by atoms with Crippen LogP contribution in [0.2, 0.25) is 0 Å². The molecule has 2 aliphatic rings. The summed E-state index contributed by atoms with van der Waals surface area (Å²) >= 11 is 0. The molecule has 4 rings (SSSR count). The fourth-order valence-electron chi connectivity index (χ4n) is 3.53. The summed E-state index contributed by atoms with van der Waals surface area (Å²) in [7, 11) is 0. The molecule has 1 amide bonds. The van der Waals surface area contributed by atoms with Crippen molar-refractivity contribution in [1.29, 1.82) is 0 Å². The van der Waals surface area contributed by atoms with Crippen LogP contribution in [0, 0.1) is 5.92 Å². The van der Waals surface area contributed by atoms with E-state index in [1.54, 1.807) is 0 Å². The number of amides is 1. The highest BCUT2D eigenvalue weighted by Gasteiger charge is 2.48. The number of carboxylic acid groups (broad SMARTS) is 1. The van der Waals surface area contributed by atoms with Gasteiger partial charge in [0, 0.05) is 6.54 Å². The standard InChI is InChI=1S/C18H13NO4/c20-16-14(18(22)23)9-19(17(16)21)15-12-7-3-1-5-10(12)11-6-2-4-8-13(11)15/h1-8,14-15H,9H2,(H,22,23). The molecule has 0 radical (unpaired) electrons. The van der Waals surface area contributed by atoms with E-state index >= 15 is 0 Å². The third-order valence-electron chi connectivity index (χ3n) is 4.58. The molecule has 1 heterocycles. The van der Waals surface area contributed by atoms with Crippen molar-refractivity contribution >= 4 is 17.7 Å². The van der Waals surface area contributed by atoms with Gasteiger partial charge in [0.25, 0.3) is 5.91 Å². The van der Waals surface area contributed by atoms with Crippen LogP contribution in [0.15, 0.2) is 48.5 Å². The van der Waals surface area contributed by atoms with Gasteiger partial charge in [0.2, 0.25) is 5.78 Å². The van der Waals surface area contributed by atoms with Gasteiger partial charge in [-0.2, -0.15) is 0 Å². The smallest absolute Gasteiger partial charge is 0.316 e. The Kier molecular flexibility index (Phi) is 2.84. The largest absolute Gasteiger partial charge is 0.481 e. The quantitative estimate of drug-likeness (QED) is 0.679. The maximum Gasteiger partial charge on any atom is 0.316 e. The number of aliphatic carboxylic acids is 1. The van der Waals surface area contributed by atoms with Gasteiger partial charge < -0.3 is 10.0 Å². The molecule has 2 aromatic carbocycles. The second-order valence-corrected chi connectivity index (χ2v) is 5.79. The van der Waals surface area contributed by atoms with Crippen LogP contribution in [-0.2, 0) is 14.4 Å². The number of likely N-dealkylation sites (tertiary alicyclic amines) is 1. The number of hydrogen-bond acceptors (Lipinski definition) is 3. The summed E-state index contributed by atoms with van der Waals surface area (Å²) in [6.45, 7) is -0.0830. The van der Waals surface area contributed by atoms with Crippen molar-refractivity contribution in [3.63, 3.8) is 0 Å². The number of benzene rings is 2. The molecule has 1 unspecified atom stereocenters. The molecule has 0 bridgehead atoms. The maximum absolute atomic E-state index is 12.3. The van der Waals surface area contributed by atoms with Gasteiger partial charge in [-0.1, -0.05) is 48.5 Å². The molecule has 1 atom stereocenters. The number of carbonyl (C=O) groups is 3. The van der Waals surface area contributed by atoms with Crippen LogP contribution in [0.3, 0.4) is 0 Å². The Morgan fingerprint density at radius 2 is 1.48 bits per heavy atom. The average molecular weight is 307 g/mol. The number of rotatable bonds is 2. The molecule has 114 valence electrons. The Balaban J connectivity index is 1.85. The van der Waals surface area contributed by atoms with Gasteiger partial charge in [0.1, 0.15) is 5.92 Å². The number of nitrogens with zero attached hydrogens (tertiary/aromatic N) is 1. The highest BCUT2D eigenvalue weighted by atomic mass is 16.4. The van der Waals surface area contributed by atoms with Gasteiger partial charge >= 0.3 is 5.97 Å². The van der Waals surface area contributed by atoms with E-state index in [1.807, 2.05) is 48.5 Å². The third-order valence-corrected chi connectivity index (χ3v) is 4.58. The van der Waals surface area contributed by atoms with Gasteiger partial charge in [0.15, 0.2) is 0 Å². The molecule has 1 saturated heterocycles. The van der Waals surface area contributed by atoms with Crippen LogP contribution < -0.4 is 0 Å².